The molecule has 1 amide bonds. The van der Waals surface area contributed by atoms with Crippen molar-refractivity contribution in [3.05, 3.63) is 70.7 Å². The summed E-state index contributed by atoms with van der Waals surface area (Å²) in [7, 11) is 0. The number of aromatic nitrogens is 2. The molecule has 0 aliphatic rings. The molecule has 8 heteroatoms. The Bertz CT molecular complexity index is 992. The van der Waals surface area contributed by atoms with Gasteiger partial charge < -0.3 is 9.84 Å². The molecule has 3 rings (SSSR count). The topological polar surface area (TPSA) is 108 Å². The standard InChI is InChI=1S/C19H14N4O3S/c20-11-14(10-13-6-8-15(24)9-7-13)18(25)21-19-23-22-17(27-19)12-26-16-4-2-1-3-5-16/h1-10,24H,12H2,(H,21,23,25)/b14-10-. The van der Waals surface area contributed by atoms with Crippen LogP contribution in [0.5, 0.6) is 11.5 Å². The van der Waals surface area contributed by atoms with E-state index in [9.17, 15) is 15.2 Å². The van der Waals surface area contributed by atoms with Gasteiger partial charge in [0, 0.05) is 0 Å². The molecule has 0 saturated carbocycles. The van der Waals surface area contributed by atoms with Gasteiger partial charge in [0.1, 0.15) is 29.7 Å². The fourth-order valence-corrected chi connectivity index (χ4v) is 2.72. The van der Waals surface area contributed by atoms with Gasteiger partial charge in [-0.25, -0.2) is 0 Å². The zero-order valence-electron chi connectivity index (χ0n) is 14.0. The van der Waals surface area contributed by atoms with Crippen LogP contribution in [-0.2, 0) is 11.4 Å². The molecule has 0 unspecified atom stereocenters. The van der Waals surface area contributed by atoms with Gasteiger partial charge in [-0.3, -0.25) is 10.1 Å². The summed E-state index contributed by atoms with van der Waals surface area (Å²) in [6.45, 7) is 0.228. The molecule has 2 N–H and O–H groups in total. The maximum absolute atomic E-state index is 12.3. The Morgan fingerprint density at radius 2 is 1.93 bits per heavy atom. The first-order valence-electron chi connectivity index (χ1n) is 7.86. The maximum atomic E-state index is 12.3. The number of phenols is 1. The Morgan fingerprint density at radius 1 is 1.19 bits per heavy atom. The fraction of sp³-hybridized carbons (Fsp3) is 0.0526. The molecule has 0 atom stereocenters. The summed E-state index contributed by atoms with van der Waals surface area (Å²) in [6.07, 6.45) is 1.43. The van der Waals surface area contributed by atoms with Gasteiger partial charge in [-0.1, -0.05) is 41.7 Å². The summed E-state index contributed by atoms with van der Waals surface area (Å²) in [6, 6.07) is 17.3. The molecule has 1 aromatic heterocycles. The van der Waals surface area contributed by atoms with Gasteiger partial charge in [0.25, 0.3) is 5.91 Å². The van der Waals surface area contributed by atoms with Crippen LogP contribution >= 0.6 is 11.3 Å². The number of nitrogens with one attached hydrogen (secondary N) is 1. The van der Waals surface area contributed by atoms with Crippen LogP contribution < -0.4 is 10.1 Å². The van der Waals surface area contributed by atoms with Gasteiger partial charge in [-0.05, 0) is 35.9 Å². The molecule has 0 spiro atoms. The average molecular weight is 378 g/mol. The van der Waals surface area contributed by atoms with Gasteiger partial charge in [-0.15, -0.1) is 10.2 Å². The predicted octanol–water partition coefficient (Wildman–Crippen LogP) is 3.37. The van der Waals surface area contributed by atoms with Gasteiger partial charge in [-0.2, -0.15) is 5.26 Å². The maximum Gasteiger partial charge on any atom is 0.268 e. The summed E-state index contributed by atoms with van der Waals surface area (Å²) in [4.78, 5) is 12.3. The average Bonchev–Trinajstić information content (AvgIpc) is 3.14. The van der Waals surface area contributed by atoms with Gasteiger partial charge in [0.05, 0.1) is 0 Å². The van der Waals surface area contributed by atoms with E-state index in [1.54, 1.807) is 12.1 Å². The number of para-hydroxylation sites is 1. The molecule has 1 heterocycles. The van der Waals surface area contributed by atoms with Crippen molar-refractivity contribution in [2.45, 2.75) is 6.61 Å². The van der Waals surface area contributed by atoms with Crippen molar-refractivity contribution in [2.75, 3.05) is 5.32 Å². The van der Waals surface area contributed by atoms with Crippen LogP contribution in [0.25, 0.3) is 6.08 Å². The number of ether oxygens (including phenoxy) is 1. The number of anilines is 1. The van der Waals surface area contributed by atoms with E-state index in [1.807, 2.05) is 36.4 Å². The lowest BCUT2D eigenvalue weighted by molar-refractivity contribution is -0.112. The second kappa shape index (κ2) is 8.60. The number of carbonyl (C=O) groups is 1. The lowest BCUT2D eigenvalue weighted by atomic mass is 10.1. The second-order valence-corrected chi connectivity index (χ2v) is 6.38. The van der Waals surface area contributed by atoms with Crippen LogP contribution in [0, 0.1) is 11.3 Å². The molecule has 0 radical (unpaired) electrons. The molecular formula is C19H14N4O3S. The molecule has 27 heavy (non-hydrogen) atoms. The third-order valence-electron chi connectivity index (χ3n) is 3.36. The van der Waals surface area contributed by atoms with Gasteiger partial charge in [0.2, 0.25) is 5.13 Å². The molecule has 0 bridgehead atoms. The summed E-state index contributed by atoms with van der Waals surface area (Å²) in [5.74, 6) is 0.230. The number of carbonyl (C=O) groups excluding carboxylic acids is 1. The van der Waals surface area contributed by atoms with E-state index >= 15 is 0 Å². The second-order valence-electron chi connectivity index (χ2n) is 5.32. The lowest BCUT2D eigenvalue weighted by Crippen LogP contribution is -2.13. The highest BCUT2D eigenvalue weighted by Crippen LogP contribution is 2.19. The first kappa shape index (κ1) is 18.1. The predicted molar refractivity (Wildman–Crippen MR) is 101 cm³/mol. The minimum Gasteiger partial charge on any atom is -0.508 e. The number of rotatable bonds is 6. The van der Waals surface area contributed by atoms with Gasteiger partial charge >= 0.3 is 0 Å². The molecule has 0 fully saturated rings. The van der Waals surface area contributed by atoms with E-state index in [0.717, 1.165) is 0 Å². The third-order valence-corrected chi connectivity index (χ3v) is 4.17. The van der Waals surface area contributed by atoms with E-state index in [2.05, 4.69) is 15.5 Å². The van der Waals surface area contributed by atoms with E-state index in [4.69, 9.17) is 4.74 Å². The van der Waals surface area contributed by atoms with Crippen molar-refractivity contribution < 1.29 is 14.6 Å². The van der Waals surface area contributed by atoms with E-state index in [1.165, 1.54) is 29.5 Å². The number of hydrogen-bond acceptors (Lipinski definition) is 7. The number of amides is 1. The SMILES string of the molecule is N#C/C(=C/c1ccc(O)cc1)C(=O)Nc1nnc(COc2ccccc2)s1. The summed E-state index contributed by atoms with van der Waals surface area (Å²) >= 11 is 1.17. The lowest BCUT2D eigenvalue weighted by Gasteiger charge is -2.02. The minimum absolute atomic E-state index is 0.0852. The fourth-order valence-electron chi connectivity index (χ4n) is 2.07. The molecule has 3 aromatic rings. The van der Waals surface area contributed by atoms with Crippen LogP contribution in [0.1, 0.15) is 10.6 Å². The molecular weight excluding hydrogens is 364 g/mol. The number of phenolic OH excluding ortho intramolecular Hbond substituents is 1. The van der Waals surface area contributed by atoms with Crippen LogP contribution in [0.15, 0.2) is 60.2 Å². The van der Waals surface area contributed by atoms with E-state index < -0.39 is 5.91 Å². The monoisotopic (exact) mass is 378 g/mol. The van der Waals surface area contributed by atoms with Gasteiger partial charge in [0.15, 0.2) is 5.01 Å². The van der Waals surface area contributed by atoms with Crippen LogP contribution in [0.4, 0.5) is 5.13 Å². The summed E-state index contributed by atoms with van der Waals surface area (Å²) in [5.41, 5.74) is 0.534. The first-order valence-corrected chi connectivity index (χ1v) is 8.68. The highest BCUT2D eigenvalue weighted by atomic mass is 32.1. The van der Waals surface area contributed by atoms with Crippen LogP contribution in [-0.4, -0.2) is 21.2 Å². The number of benzene rings is 2. The zero-order chi connectivity index (χ0) is 19.1. The Kier molecular flexibility index (Phi) is 5.77. The number of nitriles is 1. The Balaban J connectivity index is 1.62. The number of nitrogens with zero attached hydrogens (tertiary/aromatic N) is 3. The smallest absolute Gasteiger partial charge is 0.268 e. The van der Waals surface area contributed by atoms with Crippen molar-refractivity contribution in [3.8, 4) is 17.6 Å². The quantitative estimate of drug-likeness (QED) is 0.503. The first-order chi connectivity index (χ1) is 13.1. The van der Waals surface area contributed by atoms with Crippen molar-refractivity contribution in [1.82, 2.24) is 10.2 Å². The molecule has 2 aromatic carbocycles. The van der Waals surface area contributed by atoms with Crippen molar-refractivity contribution in [2.24, 2.45) is 0 Å². The summed E-state index contributed by atoms with van der Waals surface area (Å²) < 4.78 is 5.58. The number of hydrogen-bond donors (Lipinski definition) is 2. The Hall–Kier alpha value is -3.70. The minimum atomic E-state index is -0.586. The number of aromatic hydroxyl groups is 1. The summed E-state index contributed by atoms with van der Waals surface area (Å²) in [5, 5.41) is 29.8. The van der Waals surface area contributed by atoms with Crippen LogP contribution in [0.2, 0.25) is 0 Å². The third kappa shape index (κ3) is 5.14. The highest BCUT2D eigenvalue weighted by Gasteiger charge is 2.13. The molecule has 0 aliphatic carbocycles. The molecule has 7 nitrogen and oxygen atoms in total. The zero-order valence-corrected chi connectivity index (χ0v) is 14.8. The highest BCUT2D eigenvalue weighted by molar-refractivity contribution is 7.15. The Morgan fingerprint density at radius 3 is 2.63 bits per heavy atom. The Labute approximate surface area is 159 Å². The molecule has 0 aliphatic heterocycles. The molecule has 0 saturated heterocycles. The van der Waals surface area contributed by atoms with Crippen molar-refractivity contribution in [1.29, 1.82) is 5.26 Å². The van der Waals surface area contributed by atoms with Crippen LogP contribution in [0.3, 0.4) is 0 Å². The van der Waals surface area contributed by atoms with Crippen molar-refractivity contribution in [3.63, 3.8) is 0 Å². The molecule has 134 valence electrons. The normalized spacial score (nSPS) is 10.9. The van der Waals surface area contributed by atoms with Crippen molar-refractivity contribution >= 4 is 28.5 Å². The van der Waals surface area contributed by atoms with E-state index in [-0.39, 0.29) is 23.1 Å². The largest absolute Gasteiger partial charge is 0.508 e. The van der Waals surface area contributed by atoms with E-state index in [0.29, 0.717) is 16.3 Å².